The molecule has 29 rings (SSSR count). The topological polar surface area (TPSA) is 170 Å². The van der Waals surface area contributed by atoms with Crippen LogP contribution < -0.4 is 0 Å². The molecule has 0 spiro atoms. The van der Waals surface area contributed by atoms with Crippen LogP contribution in [0.1, 0.15) is 0 Å². The van der Waals surface area contributed by atoms with Crippen molar-refractivity contribution in [1.29, 1.82) is 0 Å². The van der Waals surface area contributed by atoms with E-state index in [1.807, 2.05) is 206 Å². The molecule has 15 heteroatoms. The second kappa shape index (κ2) is 32.5. The van der Waals surface area contributed by atoms with Gasteiger partial charge in [0.25, 0.3) is 0 Å². The normalized spacial score (nSPS) is 11.8. The van der Waals surface area contributed by atoms with Gasteiger partial charge in [-0.3, -0.25) is 4.57 Å². The van der Waals surface area contributed by atoms with Crippen molar-refractivity contribution in [2.45, 2.75) is 0 Å². The van der Waals surface area contributed by atoms with Crippen molar-refractivity contribution in [3.8, 4) is 108 Å². The van der Waals surface area contributed by atoms with Gasteiger partial charge in [0.15, 0.2) is 63.3 Å². The second-order valence-electron chi connectivity index (χ2n) is 34.5. The fourth-order valence-corrected chi connectivity index (χ4v) is 20.4. The number of nitrogens with zero attached hydrogens (tertiary/aromatic N) is 12. The summed E-state index contributed by atoms with van der Waals surface area (Å²) in [6.07, 6.45) is 0. The molecule has 0 amide bonds. The summed E-state index contributed by atoms with van der Waals surface area (Å²) in [5, 5.41) is 20.6. The smallest absolute Gasteiger partial charge is 0.238 e. The van der Waals surface area contributed by atoms with E-state index in [9.17, 15) is 0 Å². The molecule has 9 aromatic heterocycles. The maximum Gasteiger partial charge on any atom is 0.238 e. The third-order valence-corrected chi connectivity index (χ3v) is 26.5. The summed E-state index contributed by atoms with van der Waals surface area (Å²) in [6, 6.07) is 154. The average Bonchev–Trinajstić information content (AvgIpc) is 1.54. The highest BCUT2D eigenvalue weighted by Gasteiger charge is 2.30. The van der Waals surface area contributed by atoms with E-state index in [-0.39, 0.29) is 0 Å². The van der Waals surface area contributed by atoms with E-state index in [1.54, 1.807) is 0 Å². The lowest BCUT2D eigenvalue weighted by molar-refractivity contribution is 0.670. The zero-order chi connectivity index (χ0) is 90.8. The molecule has 644 valence electrons. The molecule has 0 saturated carbocycles. The molecular formula is C123H74N12O3. The molecule has 138 heavy (non-hydrogen) atoms. The van der Waals surface area contributed by atoms with E-state index in [1.165, 1.54) is 43.1 Å². The van der Waals surface area contributed by atoms with Crippen LogP contribution in [0.2, 0.25) is 0 Å². The van der Waals surface area contributed by atoms with Crippen molar-refractivity contribution in [3.05, 3.63) is 449 Å². The van der Waals surface area contributed by atoms with Gasteiger partial charge in [-0.05, 0) is 105 Å². The van der Waals surface area contributed by atoms with E-state index in [2.05, 4.69) is 256 Å². The molecule has 0 aliphatic rings. The molecular weight excluding hydrogens is 1690 g/mol. The molecule has 0 saturated heterocycles. The van der Waals surface area contributed by atoms with Gasteiger partial charge < -0.3 is 22.4 Å². The van der Waals surface area contributed by atoms with Crippen LogP contribution >= 0.6 is 0 Å². The zero-order valence-electron chi connectivity index (χ0n) is 73.8. The van der Waals surface area contributed by atoms with E-state index >= 15 is 0 Å². The fraction of sp³-hybridized carbons (Fsp3) is 0. The molecule has 0 N–H and O–H groups in total. The van der Waals surface area contributed by atoms with E-state index in [0.29, 0.717) is 52.5 Å². The van der Waals surface area contributed by atoms with Gasteiger partial charge in [0.2, 0.25) is 5.95 Å². The summed E-state index contributed by atoms with van der Waals surface area (Å²) in [6.45, 7) is 0. The Labute approximate surface area is 787 Å². The molecule has 0 fully saturated rings. The lowest BCUT2D eigenvalue weighted by Gasteiger charge is -2.12. The van der Waals surface area contributed by atoms with Crippen LogP contribution in [-0.2, 0) is 0 Å². The number of aromatic nitrogens is 12. The Balaban J connectivity index is 0.000000105. The fourth-order valence-electron chi connectivity index (χ4n) is 20.4. The van der Waals surface area contributed by atoms with Crippen molar-refractivity contribution in [2.75, 3.05) is 0 Å². The number of hydrogen-bond acceptors (Lipinski definition) is 12. The second-order valence-corrected chi connectivity index (χ2v) is 34.5. The monoisotopic (exact) mass is 1770 g/mol. The summed E-state index contributed by atoms with van der Waals surface area (Å²) in [5.41, 5.74) is 20.9. The van der Waals surface area contributed by atoms with Gasteiger partial charge >= 0.3 is 0 Å². The number of para-hydroxylation sites is 6. The summed E-state index contributed by atoms with van der Waals surface area (Å²) in [5.74, 6) is 5.57. The minimum Gasteiger partial charge on any atom is -0.454 e. The molecule has 0 aliphatic heterocycles. The van der Waals surface area contributed by atoms with Crippen LogP contribution in [-0.4, -0.2) is 58.6 Å². The number of hydrogen-bond donors (Lipinski definition) is 0. The van der Waals surface area contributed by atoms with Gasteiger partial charge in [0.05, 0.1) is 27.6 Å². The molecule has 29 aromatic rings. The molecule has 20 aromatic carbocycles. The van der Waals surface area contributed by atoms with E-state index < -0.39 is 0 Å². The summed E-state index contributed by atoms with van der Waals surface area (Å²) >= 11 is 0. The maximum atomic E-state index is 6.76. The van der Waals surface area contributed by atoms with Gasteiger partial charge in [-0.25, -0.2) is 34.9 Å². The van der Waals surface area contributed by atoms with Crippen LogP contribution in [0.5, 0.6) is 0 Å². The largest absolute Gasteiger partial charge is 0.454 e. The Bertz CT molecular complexity index is 9740. The zero-order valence-corrected chi connectivity index (χ0v) is 73.8. The Morgan fingerprint density at radius 3 is 0.754 bits per heavy atom. The highest BCUT2D eigenvalue weighted by Crippen LogP contribution is 2.51. The minimum atomic E-state index is 0.547. The van der Waals surface area contributed by atoms with Crippen LogP contribution in [0.25, 0.3) is 272 Å². The lowest BCUT2D eigenvalue weighted by Crippen LogP contribution is -2.06. The third kappa shape index (κ3) is 13.0. The van der Waals surface area contributed by atoms with Crippen LogP contribution in [0, 0.1) is 0 Å². The highest BCUT2D eigenvalue weighted by atomic mass is 16.3. The van der Waals surface area contributed by atoms with Gasteiger partial charge in [0.1, 0.15) is 22.3 Å². The van der Waals surface area contributed by atoms with Gasteiger partial charge in [0, 0.05) is 121 Å². The van der Waals surface area contributed by atoms with Crippen molar-refractivity contribution in [2.24, 2.45) is 0 Å². The predicted octanol–water partition coefficient (Wildman–Crippen LogP) is 31.4. The van der Waals surface area contributed by atoms with Crippen molar-refractivity contribution >= 4 is 164 Å². The van der Waals surface area contributed by atoms with E-state index in [0.717, 1.165) is 176 Å². The maximum absolute atomic E-state index is 6.76. The number of fused-ring (bicyclic) bond motifs is 30. The average molecular weight is 1770 g/mol. The molecule has 9 heterocycles. The SMILES string of the molecule is c1ccc(-c2nc(-c3ccccc3)nc(-c3ccc4c(c3)c3c5ccccc5c5c6ccccc6oc5c3n4-c3ccccc3)n2)cc1.c1ccc(-c2nc(-c3ccccc3)nc(-c3cccc(-n4c5ccccc5c5c6ccccc6c6c7ccccc7oc6c54)c3)n2)cc1.c1ccc(-c2nc(-c3ccccc3)nc(-n3c4ccccc4c4c5ccccc5c5c6ccccc6oc5c43)n2)cc1. The first-order chi connectivity index (χ1) is 68.5. The van der Waals surface area contributed by atoms with Crippen LogP contribution in [0.3, 0.4) is 0 Å². The Morgan fingerprint density at radius 1 is 0.152 bits per heavy atom. The Hall–Kier alpha value is -19.0. The van der Waals surface area contributed by atoms with Crippen LogP contribution in [0.15, 0.2) is 462 Å². The molecule has 0 aliphatic carbocycles. The summed E-state index contributed by atoms with van der Waals surface area (Å²) in [7, 11) is 0. The summed E-state index contributed by atoms with van der Waals surface area (Å²) < 4.78 is 27.0. The first-order valence-electron chi connectivity index (χ1n) is 46.1. The molecule has 0 radical (unpaired) electrons. The van der Waals surface area contributed by atoms with E-state index in [4.69, 9.17) is 58.1 Å². The molecule has 0 atom stereocenters. The molecule has 0 unspecified atom stereocenters. The van der Waals surface area contributed by atoms with Crippen molar-refractivity contribution in [1.82, 2.24) is 58.6 Å². The highest BCUT2D eigenvalue weighted by molar-refractivity contribution is 6.38. The predicted molar refractivity (Wildman–Crippen MR) is 560 cm³/mol. The quantitative estimate of drug-likeness (QED) is 0.120. The van der Waals surface area contributed by atoms with Crippen molar-refractivity contribution in [3.63, 3.8) is 0 Å². The van der Waals surface area contributed by atoms with Crippen LogP contribution in [0.4, 0.5) is 0 Å². The molecule has 15 nitrogen and oxygen atoms in total. The first kappa shape index (κ1) is 78.8. The van der Waals surface area contributed by atoms with Crippen molar-refractivity contribution < 1.29 is 13.3 Å². The number of benzene rings is 20. The third-order valence-electron chi connectivity index (χ3n) is 26.5. The Morgan fingerprint density at radius 2 is 0.391 bits per heavy atom. The number of furan rings is 3. The van der Waals surface area contributed by atoms with Gasteiger partial charge in [-0.15, -0.1) is 0 Å². The standard InChI is InChI=1S/2C43H26N4O.C37H22N4O/c1-4-14-27(15-5-1)41-44-42(28-16-6-2-7-17-28)46-43(45-41)29-24-25-35-34(26-29)37-31-20-10-11-21-32(31)38-33-22-12-13-23-36(33)48-40(38)39(37)47(35)30-18-8-3-9-19-30;1-3-14-27(15-4-1)41-44-42(28-16-5-2-6-17-28)46-43(45-41)29-18-13-19-30(26-29)47-35-24-11-9-22-33(35)37-31-20-7-8-21-32(31)38-34-23-10-12-25-36(34)48-40(38)39(37)47;1-3-13-23(14-4-1)35-38-36(24-15-5-2-6-16-24)40-37(39-35)41-29-21-11-9-19-27(29)31-25-17-7-8-18-26(25)32-28-20-10-12-22-30(28)42-34(32)33(31)41/h2*1-26H;1-22H. The van der Waals surface area contributed by atoms with Gasteiger partial charge in [-0.1, -0.05) is 376 Å². The molecule has 0 bridgehead atoms. The lowest BCUT2D eigenvalue weighted by atomic mass is 9.98. The first-order valence-corrected chi connectivity index (χ1v) is 46.1. The van der Waals surface area contributed by atoms with Gasteiger partial charge in [-0.2, -0.15) is 9.97 Å². The Kier molecular flexibility index (Phi) is 18.6. The minimum absolute atomic E-state index is 0.547. The summed E-state index contributed by atoms with van der Waals surface area (Å²) in [4.78, 5) is 45.1. The number of rotatable bonds is 11.